The molecule has 0 spiro atoms. The molecule has 18 heavy (non-hydrogen) atoms. The van der Waals surface area contributed by atoms with E-state index >= 15 is 0 Å². The SMILES string of the molecule is CCNC(COC(C)C)C1(CC(C)C)CCCC1. The molecule has 2 nitrogen and oxygen atoms in total. The minimum Gasteiger partial charge on any atom is -0.377 e. The highest BCUT2D eigenvalue weighted by Crippen LogP contribution is 2.46. The predicted molar refractivity (Wildman–Crippen MR) is 78.9 cm³/mol. The van der Waals surface area contributed by atoms with Gasteiger partial charge >= 0.3 is 0 Å². The van der Waals surface area contributed by atoms with Crippen LogP contribution >= 0.6 is 0 Å². The Balaban J connectivity index is 2.70. The van der Waals surface area contributed by atoms with Crippen molar-refractivity contribution in [2.24, 2.45) is 11.3 Å². The van der Waals surface area contributed by atoms with E-state index in [9.17, 15) is 0 Å². The number of likely N-dealkylation sites (N-methyl/N-ethyl adjacent to an activating group) is 1. The molecule has 1 fully saturated rings. The molecular weight excluding hydrogens is 222 g/mol. The topological polar surface area (TPSA) is 21.3 Å². The van der Waals surface area contributed by atoms with Crippen LogP contribution in [0.25, 0.3) is 0 Å². The molecular formula is C16H33NO. The van der Waals surface area contributed by atoms with Crippen molar-refractivity contribution in [1.82, 2.24) is 5.32 Å². The van der Waals surface area contributed by atoms with E-state index in [1.807, 2.05) is 0 Å². The zero-order valence-corrected chi connectivity index (χ0v) is 13.1. The Morgan fingerprint density at radius 3 is 2.17 bits per heavy atom. The summed E-state index contributed by atoms with van der Waals surface area (Å²) in [6, 6.07) is 0.537. The first kappa shape index (κ1) is 16.0. The summed E-state index contributed by atoms with van der Waals surface area (Å²) >= 11 is 0. The monoisotopic (exact) mass is 255 g/mol. The van der Waals surface area contributed by atoms with Crippen molar-refractivity contribution in [2.75, 3.05) is 13.2 Å². The van der Waals surface area contributed by atoms with E-state index in [0.29, 0.717) is 17.6 Å². The van der Waals surface area contributed by atoms with Crippen LogP contribution in [-0.2, 0) is 4.74 Å². The van der Waals surface area contributed by atoms with Crippen molar-refractivity contribution in [3.8, 4) is 0 Å². The highest BCUT2D eigenvalue weighted by Gasteiger charge is 2.41. The third-order valence-corrected chi connectivity index (χ3v) is 4.20. The van der Waals surface area contributed by atoms with Crippen molar-refractivity contribution in [3.05, 3.63) is 0 Å². The lowest BCUT2D eigenvalue weighted by Crippen LogP contribution is -2.48. The maximum atomic E-state index is 5.91. The number of hydrogen-bond donors (Lipinski definition) is 1. The Labute approximate surface area is 114 Å². The van der Waals surface area contributed by atoms with Crippen LogP contribution in [-0.4, -0.2) is 25.3 Å². The van der Waals surface area contributed by atoms with Gasteiger partial charge in [0.15, 0.2) is 0 Å². The average molecular weight is 255 g/mol. The summed E-state index contributed by atoms with van der Waals surface area (Å²) in [6.07, 6.45) is 7.23. The fourth-order valence-electron chi connectivity index (χ4n) is 3.57. The fourth-order valence-corrected chi connectivity index (χ4v) is 3.57. The molecule has 1 saturated carbocycles. The lowest BCUT2D eigenvalue weighted by atomic mass is 9.72. The Kier molecular flexibility index (Phi) is 6.65. The molecule has 2 heteroatoms. The number of rotatable bonds is 8. The summed E-state index contributed by atoms with van der Waals surface area (Å²) in [7, 11) is 0. The number of hydrogen-bond acceptors (Lipinski definition) is 2. The van der Waals surface area contributed by atoms with Crippen molar-refractivity contribution in [3.63, 3.8) is 0 Å². The lowest BCUT2D eigenvalue weighted by molar-refractivity contribution is 0.0174. The van der Waals surface area contributed by atoms with E-state index in [4.69, 9.17) is 4.74 Å². The van der Waals surface area contributed by atoms with Crippen LogP contribution < -0.4 is 5.32 Å². The first-order valence-corrected chi connectivity index (χ1v) is 7.85. The maximum absolute atomic E-state index is 5.91. The van der Waals surface area contributed by atoms with Gasteiger partial charge in [-0.2, -0.15) is 0 Å². The first-order chi connectivity index (χ1) is 8.50. The van der Waals surface area contributed by atoms with Gasteiger partial charge in [-0.25, -0.2) is 0 Å². The second-order valence-corrected chi connectivity index (χ2v) is 6.66. The normalized spacial score (nSPS) is 20.8. The van der Waals surface area contributed by atoms with Gasteiger partial charge < -0.3 is 10.1 Å². The van der Waals surface area contributed by atoms with Crippen molar-refractivity contribution in [2.45, 2.75) is 78.9 Å². The molecule has 108 valence electrons. The minimum absolute atomic E-state index is 0.337. The summed E-state index contributed by atoms with van der Waals surface area (Å²) in [5.74, 6) is 0.781. The zero-order valence-electron chi connectivity index (χ0n) is 13.1. The van der Waals surface area contributed by atoms with Crippen molar-refractivity contribution in [1.29, 1.82) is 0 Å². The van der Waals surface area contributed by atoms with Gasteiger partial charge in [-0.15, -0.1) is 0 Å². The van der Waals surface area contributed by atoms with E-state index in [-0.39, 0.29) is 0 Å². The highest BCUT2D eigenvalue weighted by atomic mass is 16.5. The van der Waals surface area contributed by atoms with E-state index in [2.05, 4.69) is 39.9 Å². The van der Waals surface area contributed by atoms with E-state index in [0.717, 1.165) is 19.1 Å². The summed E-state index contributed by atoms with van der Waals surface area (Å²) in [5, 5.41) is 3.70. The minimum atomic E-state index is 0.337. The predicted octanol–water partition coefficient (Wildman–Crippen LogP) is 4.00. The van der Waals surface area contributed by atoms with Gasteiger partial charge in [0.1, 0.15) is 0 Å². The van der Waals surface area contributed by atoms with Crippen molar-refractivity contribution >= 4 is 0 Å². The summed E-state index contributed by atoms with van der Waals surface area (Å²) in [6.45, 7) is 13.1. The summed E-state index contributed by atoms with van der Waals surface area (Å²) in [4.78, 5) is 0. The van der Waals surface area contributed by atoms with Gasteiger partial charge in [-0.3, -0.25) is 0 Å². The van der Waals surface area contributed by atoms with Gasteiger partial charge in [0.05, 0.1) is 12.7 Å². The molecule has 0 saturated heterocycles. The maximum Gasteiger partial charge on any atom is 0.0628 e. The third kappa shape index (κ3) is 4.55. The van der Waals surface area contributed by atoms with Gasteiger partial charge in [0.25, 0.3) is 0 Å². The van der Waals surface area contributed by atoms with Crippen LogP contribution in [0.2, 0.25) is 0 Å². The summed E-state index contributed by atoms with van der Waals surface area (Å²) in [5.41, 5.74) is 0.485. The smallest absolute Gasteiger partial charge is 0.0628 e. The Hall–Kier alpha value is -0.0800. The second kappa shape index (κ2) is 7.49. The second-order valence-electron chi connectivity index (χ2n) is 6.66. The van der Waals surface area contributed by atoms with Gasteiger partial charge in [-0.05, 0) is 51.0 Å². The van der Waals surface area contributed by atoms with E-state index in [1.165, 1.54) is 32.1 Å². The fraction of sp³-hybridized carbons (Fsp3) is 1.00. The molecule has 0 bridgehead atoms. The van der Waals surface area contributed by atoms with Gasteiger partial charge in [0, 0.05) is 6.04 Å². The molecule has 1 unspecified atom stereocenters. The van der Waals surface area contributed by atoms with Crippen LogP contribution in [0.4, 0.5) is 0 Å². The van der Waals surface area contributed by atoms with Gasteiger partial charge in [-0.1, -0.05) is 33.6 Å². The van der Waals surface area contributed by atoms with Crippen LogP contribution in [0.1, 0.15) is 66.7 Å². The molecule has 1 aliphatic rings. The zero-order chi connectivity index (χ0) is 13.6. The van der Waals surface area contributed by atoms with Crippen LogP contribution in [0.15, 0.2) is 0 Å². The molecule has 0 heterocycles. The molecule has 1 rings (SSSR count). The number of ether oxygens (including phenoxy) is 1. The molecule has 1 aliphatic carbocycles. The Morgan fingerprint density at radius 1 is 1.11 bits per heavy atom. The van der Waals surface area contributed by atoms with Gasteiger partial charge in [0.2, 0.25) is 0 Å². The first-order valence-electron chi connectivity index (χ1n) is 7.85. The Morgan fingerprint density at radius 2 is 1.72 bits per heavy atom. The molecule has 0 aromatic heterocycles. The Bertz CT molecular complexity index is 219. The molecule has 0 aromatic rings. The molecule has 0 aromatic carbocycles. The van der Waals surface area contributed by atoms with Crippen LogP contribution in [0.5, 0.6) is 0 Å². The van der Waals surface area contributed by atoms with Crippen LogP contribution in [0, 0.1) is 11.3 Å². The standard InChI is InChI=1S/C16H33NO/c1-6-17-15(12-18-14(4)5)16(11-13(2)3)9-7-8-10-16/h13-15,17H,6-12H2,1-5H3. The van der Waals surface area contributed by atoms with Crippen molar-refractivity contribution < 1.29 is 4.74 Å². The summed E-state index contributed by atoms with van der Waals surface area (Å²) < 4.78 is 5.91. The molecule has 0 amide bonds. The largest absolute Gasteiger partial charge is 0.377 e. The molecule has 1 N–H and O–H groups in total. The highest BCUT2D eigenvalue weighted by molar-refractivity contribution is 4.95. The van der Waals surface area contributed by atoms with E-state index < -0.39 is 0 Å². The molecule has 1 atom stereocenters. The van der Waals surface area contributed by atoms with Crippen LogP contribution in [0.3, 0.4) is 0 Å². The third-order valence-electron chi connectivity index (χ3n) is 4.20. The van der Waals surface area contributed by atoms with E-state index in [1.54, 1.807) is 0 Å². The average Bonchev–Trinajstić information content (AvgIpc) is 2.72. The number of nitrogens with one attached hydrogen (secondary N) is 1. The quantitative estimate of drug-likeness (QED) is 0.708. The lowest BCUT2D eigenvalue weighted by Gasteiger charge is -2.40. The molecule has 0 radical (unpaired) electrons. The molecule has 0 aliphatic heterocycles.